The second-order valence-electron chi connectivity index (χ2n) is 3.79. The molecule has 1 rings (SSSR count). The van der Waals surface area contributed by atoms with Crippen LogP contribution in [-0.4, -0.2) is 30.6 Å². The number of hydrogen-bond acceptors (Lipinski definition) is 2. The summed E-state index contributed by atoms with van der Waals surface area (Å²) in [5.74, 6) is 0. The van der Waals surface area contributed by atoms with Gasteiger partial charge < -0.3 is 10.0 Å². The first kappa shape index (κ1) is 11.5. The second-order valence-corrected chi connectivity index (χ2v) is 4.19. The lowest BCUT2D eigenvalue weighted by atomic mass is 10.1. The molecule has 1 N–H and O–H groups in total. The molecule has 0 bridgehead atoms. The maximum absolute atomic E-state index is 9.82. The van der Waals surface area contributed by atoms with Crippen molar-refractivity contribution in [2.45, 2.75) is 13.0 Å². The van der Waals surface area contributed by atoms with Crippen LogP contribution in [0.1, 0.15) is 17.2 Å². The lowest BCUT2D eigenvalue weighted by molar-refractivity contribution is 0.138. The van der Waals surface area contributed by atoms with Crippen LogP contribution in [0, 0.1) is 6.92 Å². The quantitative estimate of drug-likeness (QED) is 0.833. The van der Waals surface area contributed by atoms with E-state index in [1.165, 1.54) is 0 Å². The summed E-state index contributed by atoms with van der Waals surface area (Å²) in [7, 11) is 3.87. The van der Waals surface area contributed by atoms with Crippen LogP contribution in [0.4, 0.5) is 0 Å². The summed E-state index contributed by atoms with van der Waals surface area (Å²) in [6.07, 6.45) is -0.444. The third-order valence-corrected chi connectivity index (χ3v) is 2.53. The molecule has 1 aromatic rings. The normalized spacial score (nSPS) is 13.3. The minimum absolute atomic E-state index is 0.444. The van der Waals surface area contributed by atoms with Crippen LogP contribution < -0.4 is 0 Å². The van der Waals surface area contributed by atoms with Gasteiger partial charge in [0.1, 0.15) is 0 Å². The maximum Gasteiger partial charge on any atom is 0.0916 e. The Morgan fingerprint density at radius 2 is 2.07 bits per heavy atom. The third kappa shape index (κ3) is 2.98. The minimum atomic E-state index is -0.444. The lowest BCUT2D eigenvalue weighted by Gasteiger charge is -2.16. The average Bonchev–Trinajstić information content (AvgIpc) is 2.08. The van der Waals surface area contributed by atoms with Gasteiger partial charge in [-0.1, -0.05) is 23.7 Å². The predicted molar refractivity (Wildman–Crippen MR) is 59.7 cm³/mol. The standard InChI is InChI=1S/C11H16ClNO/c1-8-6-9(4-5-10(8)12)11(14)7-13(2)3/h4-6,11,14H,7H2,1-3H3. The Hall–Kier alpha value is -0.570. The van der Waals surface area contributed by atoms with Crippen molar-refractivity contribution in [3.63, 3.8) is 0 Å². The first-order valence-corrected chi connectivity index (χ1v) is 4.97. The molecule has 1 unspecified atom stereocenters. The molecule has 0 spiro atoms. The highest BCUT2D eigenvalue weighted by Gasteiger charge is 2.09. The van der Waals surface area contributed by atoms with Crippen LogP contribution in [0.5, 0.6) is 0 Å². The molecule has 0 radical (unpaired) electrons. The van der Waals surface area contributed by atoms with Gasteiger partial charge in [0.2, 0.25) is 0 Å². The summed E-state index contributed by atoms with van der Waals surface area (Å²) in [5.41, 5.74) is 1.92. The van der Waals surface area contributed by atoms with Crippen LogP contribution in [0.3, 0.4) is 0 Å². The summed E-state index contributed by atoms with van der Waals surface area (Å²) in [6.45, 7) is 2.56. The van der Waals surface area contributed by atoms with Crippen LogP contribution in [0.25, 0.3) is 0 Å². The Bertz CT molecular complexity index is 312. The van der Waals surface area contributed by atoms with Crippen molar-refractivity contribution in [3.8, 4) is 0 Å². The zero-order valence-electron chi connectivity index (χ0n) is 8.79. The SMILES string of the molecule is Cc1cc(C(O)CN(C)C)ccc1Cl. The van der Waals surface area contributed by atoms with Crippen LogP contribution >= 0.6 is 11.6 Å². The van der Waals surface area contributed by atoms with E-state index in [9.17, 15) is 5.11 Å². The maximum atomic E-state index is 9.82. The van der Waals surface area contributed by atoms with Gasteiger partial charge in [-0.15, -0.1) is 0 Å². The molecule has 78 valence electrons. The number of benzene rings is 1. The van der Waals surface area contributed by atoms with Crippen LogP contribution in [0.2, 0.25) is 5.02 Å². The van der Waals surface area contributed by atoms with Gasteiger partial charge in [0, 0.05) is 11.6 Å². The minimum Gasteiger partial charge on any atom is -0.387 e. The fourth-order valence-corrected chi connectivity index (χ4v) is 1.44. The number of nitrogens with zero attached hydrogens (tertiary/aromatic N) is 1. The average molecular weight is 214 g/mol. The Labute approximate surface area is 90.1 Å². The van der Waals surface area contributed by atoms with Gasteiger partial charge in [-0.2, -0.15) is 0 Å². The van der Waals surface area contributed by atoms with E-state index in [1.807, 2.05) is 44.1 Å². The molecule has 0 aliphatic heterocycles. The smallest absolute Gasteiger partial charge is 0.0916 e. The zero-order chi connectivity index (χ0) is 10.7. The highest BCUT2D eigenvalue weighted by Crippen LogP contribution is 2.20. The Balaban J connectivity index is 2.80. The third-order valence-electron chi connectivity index (χ3n) is 2.10. The van der Waals surface area contributed by atoms with Gasteiger partial charge in [-0.25, -0.2) is 0 Å². The van der Waals surface area contributed by atoms with E-state index in [0.29, 0.717) is 6.54 Å². The number of aliphatic hydroxyl groups is 1. The first-order valence-electron chi connectivity index (χ1n) is 4.59. The number of hydrogen-bond donors (Lipinski definition) is 1. The van der Waals surface area contributed by atoms with Crippen molar-refractivity contribution < 1.29 is 5.11 Å². The van der Waals surface area contributed by atoms with Gasteiger partial charge in [0.15, 0.2) is 0 Å². The molecule has 1 atom stereocenters. The molecule has 0 heterocycles. The molecule has 0 amide bonds. The second kappa shape index (κ2) is 4.78. The van der Waals surface area contributed by atoms with Crippen molar-refractivity contribution in [1.29, 1.82) is 0 Å². The van der Waals surface area contributed by atoms with Crippen molar-refractivity contribution >= 4 is 11.6 Å². The van der Waals surface area contributed by atoms with E-state index in [-0.39, 0.29) is 0 Å². The molecule has 2 nitrogen and oxygen atoms in total. The predicted octanol–water partition coefficient (Wildman–Crippen LogP) is 2.24. The fraction of sp³-hybridized carbons (Fsp3) is 0.455. The summed E-state index contributed by atoms with van der Waals surface area (Å²) in [6, 6.07) is 5.62. The molecule has 3 heteroatoms. The molecule has 0 saturated carbocycles. The van der Waals surface area contributed by atoms with Crippen molar-refractivity contribution in [2.75, 3.05) is 20.6 Å². The lowest BCUT2D eigenvalue weighted by Crippen LogP contribution is -2.20. The van der Waals surface area contributed by atoms with Gasteiger partial charge >= 0.3 is 0 Å². The summed E-state index contributed by atoms with van der Waals surface area (Å²) in [4.78, 5) is 1.95. The topological polar surface area (TPSA) is 23.5 Å². The molecule has 0 fully saturated rings. The molecule has 14 heavy (non-hydrogen) atoms. The van der Waals surface area contributed by atoms with Gasteiger partial charge in [0.05, 0.1) is 6.10 Å². The Morgan fingerprint density at radius 3 is 2.57 bits per heavy atom. The summed E-state index contributed by atoms with van der Waals surface area (Å²) < 4.78 is 0. The Morgan fingerprint density at radius 1 is 1.43 bits per heavy atom. The van der Waals surface area contributed by atoms with Crippen LogP contribution in [0.15, 0.2) is 18.2 Å². The van der Waals surface area contributed by atoms with Gasteiger partial charge in [-0.3, -0.25) is 0 Å². The van der Waals surface area contributed by atoms with Crippen LogP contribution in [-0.2, 0) is 0 Å². The van der Waals surface area contributed by atoms with Crippen molar-refractivity contribution in [3.05, 3.63) is 34.3 Å². The summed E-state index contributed by atoms with van der Waals surface area (Å²) >= 11 is 5.90. The number of aryl methyl sites for hydroxylation is 1. The van der Waals surface area contributed by atoms with E-state index in [1.54, 1.807) is 0 Å². The number of aliphatic hydroxyl groups excluding tert-OH is 1. The molecular weight excluding hydrogens is 198 g/mol. The van der Waals surface area contributed by atoms with E-state index in [0.717, 1.165) is 16.1 Å². The summed E-state index contributed by atoms with van der Waals surface area (Å²) in [5, 5.41) is 10.6. The fourth-order valence-electron chi connectivity index (χ4n) is 1.33. The van der Waals surface area contributed by atoms with E-state index < -0.39 is 6.10 Å². The van der Waals surface area contributed by atoms with E-state index >= 15 is 0 Å². The van der Waals surface area contributed by atoms with E-state index in [2.05, 4.69) is 0 Å². The van der Waals surface area contributed by atoms with E-state index in [4.69, 9.17) is 11.6 Å². The van der Waals surface area contributed by atoms with Crippen molar-refractivity contribution in [2.24, 2.45) is 0 Å². The largest absolute Gasteiger partial charge is 0.387 e. The molecule has 0 aliphatic rings. The molecule has 0 aromatic heterocycles. The number of rotatable bonds is 3. The molecule has 1 aromatic carbocycles. The molecule has 0 saturated heterocycles. The highest BCUT2D eigenvalue weighted by molar-refractivity contribution is 6.31. The van der Waals surface area contributed by atoms with Crippen molar-refractivity contribution in [1.82, 2.24) is 4.90 Å². The number of likely N-dealkylation sites (N-methyl/N-ethyl adjacent to an activating group) is 1. The molecular formula is C11H16ClNO. The monoisotopic (exact) mass is 213 g/mol. The highest BCUT2D eigenvalue weighted by atomic mass is 35.5. The molecule has 0 aliphatic carbocycles. The van der Waals surface area contributed by atoms with Gasteiger partial charge in [0.25, 0.3) is 0 Å². The first-order chi connectivity index (χ1) is 6.50. The Kier molecular flexibility index (Phi) is 3.93. The zero-order valence-corrected chi connectivity index (χ0v) is 9.54. The number of halogens is 1. The van der Waals surface area contributed by atoms with Gasteiger partial charge in [-0.05, 0) is 38.2 Å².